The van der Waals surface area contributed by atoms with Crippen molar-refractivity contribution in [2.24, 2.45) is 0 Å². The van der Waals surface area contributed by atoms with E-state index in [4.69, 9.17) is 27.9 Å². The molecule has 36 heavy (non-hydrogen) atoms. The zero-order valence-electron chi connectivity index (χ0n) is 19.2. The number of carbonyl (C=O) groups is 2. The van der Waals surface area contributed by atoms with Crippen LogP contribution in [0.5, 0.6) is 0 Å². The van der Waals surface area contributed by atoms with Crippen LogP contribution in [0.4, 0.5) is 4.39 Å². The van der Waals surface area contributed by atoms with E-state index in [1.807, 2.05) is 6.07 Å². The summed E-state index contributed by atoms with van der Waals surface area (Å²) >= 11 is 12.3. The third-order valence-corrected chi connectivity index (χ3v) is 6.59. The summed E-state index contributed by atoms with van der Waals surface area (Å²) in [6.45, 7) is 3.51. The van der Waals surface area contributed by atoms with Crippen molar-refractivity contribution < 1.29 is 23.8 Å². The molecule has 0 saturated heterocycles. The molecule has 0 spiro atoms. The molecule has 0 unspecified atom stereocenters. The van der Waals surface area contributed by atoms with Gasteiger partial charge in [-0.25, -0.2) is 14.0 Å². The van der Waals surface area contributed by atoms with E-state index in [0.717, 1.165) is 25.0 Å². The summed E-state index contributed by atoms with van der Waals surface area (Å²) in [7, 11) is 0. The van der Waals surface area contributed by atoms with Gasteiger partial charge in [0.2, 0.25) is 5.43 Å². The Hall–Kier alpha value is -3.67. The molecule has 3 aromatic rings. The van der Waals surface area contributed by atoms with Gasteiger partial charge in [0.05, 0.1) is 32.4 Å². The second-order valence-electron chi connectivity index (χ2n) is 8.29. The van der Waals surface area contributed by atoms with E-state index < -0.39 is 28.7 Å². The number of hydrogen-bond donors (Lipinski definition) is 1. The highest BCUT2D eigenvalue weighted by Crippen LogP contribution is 2.35. The fourth-order valence-corrected chi connectivity index (χ4v) is 4.55. The molecule has 1 N–H and O–H groups in total. The van der Waals surface area contributed by atoms with Crippen molar-refractivity contribution in [2.75, 3.05) is 0 Å². The number of esters is 1. The van der Waals surface area contributed by atoms with Crippen molar-refractivity contribution in [1.29, 1.82) is 5.26 Å². The monoisotopic (exact) mass is 528 g/mol. The molecular formula is C26H19Cl2FN2O5. The lowest BCUT2D eigenvalue weighted by Crippen LogP contribution is -2.25. The summed E-state index contributed by atoms with van der Waals surface area (Å²) in [5.41, 5.74) is -1.33. The van der Waals surface area contributed by atoms with Gasteiger partial charge in [0.15, 0.2) is 0 Å². The van der Waals surface area contributed by atoms with Gasteiger partial charge in [-0.15, -0.1) is 0 Å². The number of carboxylic acid groups (broad SMARTS) is 1. The molecule has 4 rings (SSSR count). The van der Waals surface area contributed by atoms with E-state index in [9.17, 15) is 24.8 Å². The van der Waals surface area contributed by atoms with Gasteiger partial charge in [-0.1, -0.05) is 29.3 Å². The molecule has 1 fully saturated rings. The number of nitriles is 1. The van der Waals surface area contributed by atoms with E-state index in [1.165, 1.54) is 18.2 Å². The maximum atomic E-state index is 15.2. The van der Waals surface area contributed by atoms with Crippen LogP contribution in [-0.4, -0.2) is 27.7 Å². The number of halogens is 3. The van der Waals surface area contributed by atoms with Crippen molar-refractivity contribution in [3.05, 3.63) is 78.8 Å². The quantitative estimate of drug-likeness (QED) is 0.402. The lowest BCUT2D eigenvalue weighted by Gasteiger charge is -2.22. The lowest BCUT2D eigenvalue weighted by molar-refractivity contribution is 0.0472. The van der Waals surface area contributed by atoms with Gasteiger partial charge in [0, 0.05) is 23.4 Å². The van der Waals surface area contributed by atoms with Crippen LogP contribution in [0, 0.1) is 24.1 Å². The minimum Gasteiger partial charge on any atom is -0.477 e. The summed E-state index contributed by atoms with van der Waals surface area (Å²) in [6, 6.07) is 8.28. The first kappa shape index (κ1) is 25.4. The van der Waals surface area contributed by atoms with Gasteiger partial charge in [-0.05, 0) is 51.0 Å². The minimum atomic E-state index is -1.53. The molecule has 1 heterocycles. The molecule has 2 aromatic carbocycles. The second-order valence-corrected chi connectivity index (χ2v) is 9.10. The highest BCUT2D eigenvalue weighted by atomic mass is 35.5. The van der Waals surface area contributed by atoms with Crippen LogP contribution in [0.1, 0.15) is 51.7 Å². The normalized spacial score (nSPS) is 12.8. The first-order valence-corrected chi connectivity index (χ1v) is 11.8. The SMILES string of the molecule is CCn1c(C)c(-c2cc(C(=O)OC3CC3)c(Cl)cc2F)c(=O)c(C(=O)O)c1-c1ccc(C#N)c(Cl)c1. The van der Waals surface area contributed by atoms with Crippen LogP contribution in [0.3, 0.4) is 0 Å². The van der Waals surface area contributed by atoms with E-state index in [2.05, 4.69) is 0 Å². The van der Waals surface area contributed by atoms with Gasteiger partial charge in [-0.2, -0.15) is 5.26 Å². The Bertz CT molecular complexity index is 1540. The first-order chi connectivity index (χ1) is 17.1. The molecule has 184 valence electrons. The Morgan fingerprint density at radius 1 is 1.22 bits per heavy atom. The molecular weight excluding hydrogens is 510 g/mol. The summed E-state index contributed by atoms with van der Waals surface area (Å²) in [5.74, 6) is -3.17. The summed E-state index contributed by atoms with van der Waals surface area (Å²) in [6.07, 6.45) is 1.22. The zero-order valence-corrected chi connectivity index (χ0v) is 20.7. The standard InChI is InChI=1S/C26H19Cl2FN2O5/c1-3-31-12(2)21(17-9-16(19(28)10-20(17)29)26(35)36-15-6-7-15)24(32)22(25(33)34)23(31)13-4-5-14(11-30)18(27)8-13/h4-5,8-10,15H,3,6-7H2,1-2H3,(H,33,34). The number of aromatic carboxylic acids is 1. The van der Waals surface area contributed by atoms with Crippen molar-refractivity contribution in [3.63, 3.8) is 0 Å². The number of pyridine rings is 1. The molecule has 1 saturated carbocycles. The summed E-state index contributed by atoms with van der Waals surface area (Å²) in [5, 5.41) is 19.1. The molecule has 1 aliphatic carbocycles. The topological polar surface area (TPSA) is 109 Å². The smallest absolute Gasteiger partial charge is 0.341 e. The van der Waals surface area contributed by atoms with Crippen LogP contribution >= 0.6 is 23.2 Å². The zero-order chi connectivity index (χ0) is 26.3. The Morgan fingerprint density at radius 3 is 2.47 bits per heavy atom. The van der Waals surface area contributed by atoms with Gasteiger partial charge in [0.1, 0.15) is 23.6 Å². The molecule has 0 radical (unpaired) electrons. The van der Waals surface area contributed by atoms with E-state index >= 15 is 4.39 Å². The van der Waals surface area contributed by atoms with Crippen molar-refractivity contribution in [2.45, 2.75) is 39.3 Å². The second kappa shape index (κ2) is 9.76. The fourth-order valence-electron chi connectivity index (χ4n) is 4.10. The molecule has 1 aromatic heterocycles. The van der Waals surface area contributed by atoms with Crippen LogP contribution < -0.4 is 5.43 Å². The Morgan fingerprint density at radius 2 is 1.92 bits per heavy atom. The largest absolute Gasteiger partial charge is 0.477 e. The van der Waals surface area contributed by atoms with Gasteiger partial charge in [-0.3, -0.25) is 4.79 Å². The van der Waals surface area contributed by atoms with E-state index in [1.54, 1.807) is 18.4 Å². The number of benzene rings is 2. The number of hydrogen-bond acceptors (Lipinski definition) is 5. The van der Waals surface area contributed by atoms with Crippen LogP contribution in [-0.2, 0) is 11.3 Å². The highest BCUT2D eigenvalue weighted by molar-refractivity contribution is 6.33. The maximum absolute atomic E-state index is 15.2. The number of carboxylic acids is 1. The third kappa shape index (κ3) is 4.48. The van der Waals surface area contributed by atoms with E-state index in [0.29, 0.717) is 5.56 Å². The highest BCUT2D eigenvalue weighted by Gasteiger charge is 2.30. The molecule has 7 nitrogen and oxygen atoms in total. The number of aromatic nitrogens is 1. The third-order valence-electron chi connectivity index (χ3n) is 5.96. The number of ether oxygens (including phenoxy) is 1. The molecule has 0 amide bonds. The van der Waals surface area contributed by atoms with Crippen LogP contribution in [0.25, 0.3) is 22.4 Å². The average molecular weight is 529 g/mol. The van der Waals surface area contributed by atoms with Gasteiger partial charge in [0.25, 0.3) is 0 Å². The fraction of sp³-hybridized carbons (Fsp3) is 0.231. The predicted molar refractivity (Wildman–Crippen MR) is 132 cm³/mol. The Labute approximate surface area is 215 Å². The van der Waals surface area contributed by atoms with Crippen molar-refractivity contribution in [1.82, 2.24) is 4.57 Å². The molecule has 0 bridgehead atoms. The average Bonchev–Trinajstić information content (AvgIpc) is 3.63. The molecule has 0 aliphatic heterocycles. The van der Waals surface area contributed by atoms with Crippen LogP contribution in [0.2, 0.25) is 10.0 Å². The lowest BCUT2D eigenvalue weighted by atomic mass is 9.94. The molecule has 1 aliphatic rings. The number of carbonyl (C=O) groups excluding carboxylic acids is 1. The van der Waals surface area contributed by atoms with Gasteiger partial charge >= 0.3 is 11.9 Å². The Kier molecular flexibility index (Phi) is 6.90. The Balaban J connectivity index is 2.02. The first-order valence-electron chi connectivity index (χ1n) is 11.0. The van der Waals surface area contributed by atoms with Gasteiger partial charge < -0.3 is 14.4 Å². The van der Waals surface area contributed by atoms with Crippen molar-refractivity contribution >= 4 is 35.1 Å². The predicted octanol–water partition coefficient (Wildman–Crippen LogP) is 5.85. The molecule has 0 atom stereocenters. The number of rotatable bonds is 6. The summed E-state index contributed by atoms with van der Waals surface area (Å²) in [4.78, 5) is 38.5. The number of nitrogens with zero attached hydrogens (tertiary/aromatic N) is 2. The van der Waals surface area contributed by atoms with E-state index in [-0.39, 0.29) is 56.3 Å². The minimum absolute atomic E-state index is 0.0605. The molecule has 10 heteroatoms. The summed E-state index contributed by atoms with van der Waals surface area (Å²) < 4.78 is 22.0. The van der Waals surface area contributed by atoms with Crippen LogP contribution in [0.15, 0.2) is 35.1 Å². The maximum Gasteiger partial charge on any atom is 0.341 e. The van der Waals surface area contributed by atoms with Crippen molar-refractivity contribution in [3.8, 4) is 28.5 Å².